The van der Waals surface area contributed by atoms with Crippen LogP contribution >= 0.6 is 0 Å². The minimum absolute atomic E-state index is 0.00555. The average molecular weight is 465 g/mol. The van der Waals surface area contributed by atoms with Crippen LogP contribution in [0.4, 0.5) is 0 Å². The molecule has 0 amide bonds. The summed E-state index contributed by atoms with van der Waals surface area (Å²) in [6.07, 6.45) is 11.2. The molecule has 1 aromatic carbocycles. The van der Waals surface area contributed by atoms with Crippen LogP contribution in [-0.2, 0) is 19.1 Å². The molecule has 4 nitrogen and oxygen atoms in total. The lowest BCUT2D eigenvalue weighted by Gasteiger charge is -2.60. The molecule has 1 aromatic rings. The zero-order valence-electron chi connectivity index (χ0n) is 21.2. The minimum Gasteiger partial charge on any atom is -0.463 e. The molecule has 5 rings (SSSR count). The van der Waals surface area contributed by atoms with E-state index in [0.717, 1.165) is 32.1 Å². The number of carbonyl (C=O) groups is 2. The van der Waals surface area contributed by atoms with Crippen LogP contribution in [0.5, 0.6) is 0 Å². The SMILES string of the molecule is CC(=O)O[C@@H]1CC[C@@]2(C)[C@@H](CC[C@@H]3[C@@H]2CC[C@]2(C)[C@H](OC(C)=O)/C(=C/c4ccccc4)C[C@@H]32)C1. The van der Waals surface area contributed by atoms with E-state index in [-0.39, 0.29) is 29.6 Å². The van der Waals surface area contributed by atoms with Crippen molar-refractivity contribution in [3.8, 4) is 0 Å². The highest BCUT2D eigenvalue weighted by molar-refractivity contribution is 5.67. The summed E-state index contributed by atoms with van der Waals surface area (Å²) in [6.45, 7) is 8.00. The third-order valence-corrected chi connectivity index (χ3v) is 10.2. The second-order valence-electron chi connectivity index (χ2n) is 12.0. The first-order valence-corrected chi connectivity index (χ1v) is 13.3. The third kappa shape index (κ3) is 4.01. The van der Waals surface area contributed by atoms with E-state index >= 15 is 0 Å². The molecule has 0 unspecified atom stereocenters. The lowest BCUT2D eigenvalue weighted by Crippen LogP contribution is -2.54. The van der Waals surface area contributed by atoms with Crippen LogP contribution in [0.15, 0.2) is 35.9 Å². The van der Waals surface area contributed by atoms with E-state index in [2.05, 4.69) is 44.2 Å². The number of fused-ring (bicyclic) bond motifs is 5. The summed E-state index contributed by atoms with van der Waals surface area (Å²) < 4.78 is 11.7. The molecule has 4 heteroatoms. The fourth-order valence-electron chi connectivity index (χ4n) is 8.68. The van der Waals surface area contributed by atoms with Gasteiger partial charge in [0.2, 0.25) is 0 Å². The van der Waals surface area contributed by atoms with E-state index in [4.69, 9.17) is 9.47 Å². The summed E-state index contributed by atoms with van der Waals surface area (Å²) in [5.41, 5.74) is 2.81. The van der Waals surface area contributed by atoms with Gasteiger partial charge in [0, 0.05) is 19.3 Å². The molecule has 184 valence electrons. The molecular formula is C30H40O4. The molecule has 0 saturated heterocycles. The van der Waals surface area contributed by atoms with Crippen molar-refractivity contribution in [3.63, 3.8) is 0 Å². The van der Waals surface area contributed by atoms with Gasteiger partial charge in [0.15, 0.2) is 0 Å². The van der Waals surface area contributed by atoms with Gasteiger partial charge in [-0.05, 0) is 91.6 Å². The van der Waals surface area contributed by atoms with Crippen molar-refractivity contribution in [2.24, 2.45) is 34.5 Å². The molecule has 0 N–H and O–H groups in total. The first-order chi connectivity index (χ1) is 16.2. The molecule has 4 aliphatic carbocycles. The van der Waals surface area contributed by atoms with Crippen molar-refractivity contribution in [1.29, 1.82) is 0 Å². The lowest BCUT2D eigenvalue weighted by molar-refractivity contribution is -0.166. The van der Waals surface area contributed by atoms with Crippen molar-refractivity contribution in [1.82, 2.24) is 0 Å². The minimum atomic E-state index is -0.174. The van der Waals surface area contributed by atoms with Crippen LogP contribution < -0.4 is 0 Å². The smallest absolute Gasteiger partial charge is 0.303 e. The van der Waals surface area contributed by atoms with Crippen molar-refractivity contribution in [2.75, 3.05) is 0 Å². The number of benzene rings is 1. The second kappa shape index (κ2) is 8.84. The number of hydrogen-bond donors (Lipinski definition) is 0. The standard InChI is InChI=1S/C30H40O4/c1-19(31)33-24-12-14-29(3)23(18-24)10-11-25-26(29)13-15-30(4)27(25)17-22(28(30)34-20(2)32)16-21-8-6-5-7-9-21/h5-9,16,23-28H,10-15,17-18H2,1-4H3/b22-16+/t23-,24+,25+,26-,27-,28+,29-,30-/m0/s1. The van der Waals surface area contributed by atoms with Crippen molar-refractivity contribution < 1.29 is 19.1 Å². The quantitative estimate of drug-likeness (QED) is 0.474. The maximum Gasteiger partial charge on any atom is 0.303 e. The largest absolute Gasteiger partial charge is 0.463 e. The molecule has 4 aliphatic rings. The van der Waals surface area contributed by atoms with Gasteiger partial charge < -0.3 is 9.47 Å². The molecule has 4 fully saturated rings. The van der Waals surface area contributed by atoms with Crippen LogP contribution in [0.3, 0.4) is 0 Å². The Labute approximate surface area is 204 Å². The summed E-state index contributed by atoms with van der Waals surface area (Å²) in [5.74, 6) is 2.25. The predicted octanol–water partition coefficient (Wildman–Crippen LogP) is 6.59. The van der Waals surface area contributed by atoms with E-state index in [9.17, 15) is 9.59 Å². The van der Waals surface area contributed by atoms with Gasteiger partial charge in [0.1, 0.15) is 12.2 Å². The van der Waals surface area contributed by atoms with Gasteiger partial charge in [0.05, 0.1) is 0 Å². The molecule has 34 heavy (non-hydrogen) atoms. The molecule has 0 aromatic heterocycles. The van der Waals surface area contributed by atoms with Crippen LogP contribution in [0.2, 0.25) is 0 Å². The van der Waals surface area contributed by atoms with E-state index in [0.29, 0.717) is 29.1 Å². The maximum atomic E-state index is 12.2. The molecule has 0 heterocycles. The number of carbonyl (C=O) groups excluding carboxylic acids is 2. The third-order valence-electron chi connectivity index (χ3n) is 10.2. The summed E-state index contributed by atoms with van der Waals surface area (Å²) in [5, 5.41) is 0. The number of rotatable bonds is 3. The average Bonchev–Trinajstić information content (AvgIpc) is 3.05. The molecule has 0 bridgehead atoms. The predicted molar refractivity (Wildman–Crippen MR) is 133 cm³/mol. The van der Waals surface area contributed by atoms with Gasteiger partial charge in [-0.25, -0.2) is 0 Å². The van der Waals surface area contributed by atoms with E-state index in [1.807, 2.05) is 6.07 Å². The summed E-state index contributed by atoms with van der Waals surface area (Å²) in [6, 6.07) is 10.5. The Balaban J connectivity index is 1.42. The topological polar surface area (TPSA) is 52.6 Å². The molecule has 0 radical (unpaired) electrons. The molecule has 0 aliphatic heterocycles. The molecular weight excluding hydrogens is 424 g/mol. The Bertz CT molecular complexity index is 967. The molecule has 0 spiro atoms. The van der Waals surface area contributed by atoms with Gasteiger partial charge in [-0.1, -0.05) is 50.3 Å². The Morgan fingerprint density at radius 2 is 1.59 bits per heavy atom. The van der Waals surface area contributed by atoms with Gasteiger partial charge in [-0.3, -0.25) is 9.59 Å². The first kappa shape index (κ1) is 23.6. The van der Waals surface area contributed by atoms with Crippen LogP contribution in [-0.4, -0.2) is 24.1 Å². The first-order valence-electron chi connectivity index (χ1n) is 13.3. The van der Waals surface area contributed by atoms with Crippen LogP contribution in [0.1, 0.15) is 84.6 Å². The summed E-state index contributed by atoms with van der Waals surface area (Å²) in [7, 11) is 0. The fraction of sp³-hybridized carbons (Fsp3) is 0.667. The van der Waals surface area contributed by atoms with Crippen LogP contribution in [0.25, 0.3) is 6.08 Å². The highest BCUT2D eigenvalue weighted by atomic mass is 16.5. The van der Waals surface area contributed by atoms with Gasteiger partial charge in [-0.15, -0.1) is 0 Å². The Hall–Kier alpha value is -2.10. The Morgan fingerprint density at radius 3 is 2.29 bits per heavy atom. The molecule has 8 atom stereocenters. The van der Waals surface area contributed by atoms with Gasteiger partial charge in [0.25, 0.3) is 0 Å². The maximum absolute atomic E-state index is 12.2. The summed E-state index contributed by atoms with van der Waals surface area (Å²) >= 11 is 0. The highest BCUT2D eigenvalue weighted by Crippen LogP contribution is 2.67. The zero-order chi connectivity index (χ0) is 24.1. The molecule has 4 saturated carbocycles. The van der Waals surface area contributed by atoms with Gasteiger partial charge in [-0.2, -0.15) is 0 Å². The Morgan fingerprint density at radius 1 is 0.882 bits per heavy atom. The number of ether oxygens (including phenoxy) is 2. The van der Waals surface area contributed by atoms with Crippen molar-refractivity contribution in [2.45, 2.75) is 91.3 Å². The summed E-state index contributed by atoms with van der Waals surface area (Å²) in [4.78, 5) is 23.7. The van der Waals surface area contributed by atoms with E-state index < -0.39 is 0 Å². The second-order valence-corrected chi connectivity index (χ2v) is 12.0. The monoisotopic (exact) mass is 464 g/mol. The number of esters is 2. The van der Waals surface area contributed by atoms with E-state index in [1.54, 1.807) is 6.92 Å². The zero-order valence-corrected chi connectivity index (χ0v) is 21.2. The van der Waals surface area contributed by atoms with Crippen molar-refractivity contribution >= 4 is 18.0 Å². The fourth-order valence-corrected chi connectivity index (χ4v) is 8.68. The number of hydrogen-bond acceptors (Lipinski definition) is 4. The lowest BCUT2D eigenvalue weighted by atomic mass is 9.45. The highest BCUT2D eigenvalue weighted by Gasteiger charge is 2.62. The van der Waals surface area contributed by atoms with Gasteiger partial charge >= 0.3 is 11.9 Å². The Kier molecular flexibility index (Phi) is 6.14. The van der Waals surface area contributed by atoms with Crippen molar-refractivity contribution in [3.05, 3.63) is 41.5 Å². The van der Waals surface area contributed by atoms with Crippen LogP contribution in [0, 0.1) is 34.5 Å². The van der Waals surface area contributed by atoms with E-state index in [1.165, 1.54) is 37.3 Å². The normalized spacial score (nSPS) is 42.3.